The van der Waals surface area contributed by atoms with Crippen LogP contribution >= 0.6 is 0 Å². The highest BCUT2D eigenvalue weighted by Crippen LogP contribution is 2.20. The lowest BCUT2D eigenvalue weighted by molar-refractivity contribution is -0.125. The summed E-state index contributed by atoms with van der Waals surface area (Å²) in [6.45, 7) is 4.79. The van der Waals surface area contributed by atoms with Crippen molar-refractivity contribution in [1.82, 2.24) is 15.2 Å². The molecule has 1 aliphatic rings. The number of rotatable bonds is 6. The van der Waals surface area contributed by atoms with E-state index >= 15 is 0 Å². The van der Waals surface area contributed by atoms with Gasteiger partial charge in [-0.25, -0.2) is 4.98 Å². The molecule has 2 aromatic rings. The quantitative estimate of drug-likeness (QED) is 0.858. The van der Waals surface area contributed by atoms with E-state index in [1.54, 1.807) is 29.3 Å². The second-order valence-corrected chi connectivity index (χ2v) is 6.52. The van der Waals surface area contributed by atoms with Gasteiger partial charge in [-0.2, -0.15) is 0 Å². The highest BCUT2D eigenvalue weighted by atomic mass is 16.5. The summed E-state index contributed by atoms with van der Waals surface area (Å²) in [5.41, 5.74) is 0.872. The number of aromatic nitrogens is 1. The standard InChI is InChI=1S/C19H23N3O4/c1-13(2)26-17-8-7-14(11-20-17)12-21-18(23)15-5-3-9-22(15)19(24)16-6-4-10-25-16/h4,6-8,10-11,13,15H,3,5,9,12H2,1-2H3,(H,21,23). The van der Waals surface area contributed by atoms with Crippen molar-refractivity contribution < 1.29 is 18.7 Å². The van der Waals surface area contributed by atoms with E-state index in [0.29, 0.717) is 25.4 Å². The smallest absolute Gasteiger partial charge is 0.290 e. The molecule has 0 aromatic carbocycles. The normalized spacial score (nSPS) is 16.7. The highest BCUT2D eigenvalue weighted by Gasteiger charge is 2.35. The minimum atomic E-state index is -0.468. The number of hydrogen-bond donors (Lipinski definition) is 1. The number of carbonyl (C=O) groups excluding carboxylic acids is 2. The molecule has 7 heteroatoms. The Labute approximate surface area is 152 Å². The number of hydrogen-bond acceptors (Lipinski definition) is 5. The first-order chi connectivity index (χ1) is 12.5. The van der Waals surface area contributed by atoms with Gasteiger partial charge in [-0.15, -0.1) is 0 Å². The molecule has 1 fully saturated rings. The van der Waals surface area contributed by atoms with Crippen molar-refractivity contribution >= 4 is 11.8 Å². The second-order valence-electron chi connectivity index (χ2n) is 6.52. The molecule has 1 N–H and O–H groups in total. The molecule has 1 unspecified atom stereocenters. The maximum atomic E-state index is 12.5. The lowest BCUT2D eigenvalue weighted by atomic mass is 10.2. The van der Waals surface area contributed by atoms with E-state index in [0.717, 1.165) is 12.0 Å². The molecular formula is C19H23N3O4. The average Bonchev–Trinajstić information content (AvgIpc) is 3.31. The van der Waals surface area contributed by atoms with Gasteiger partial charge in [0, 0.05) is 25.4 Å². The van der Waals surface area contributed by atoms with Crippen molar-refractivity contribution in [2.75, 3.05) is 6.54 Å². The Morgan fingerprint density at radius 1 is 1.38 bits per heavy atom. The number of ether oxygens (including phenoxy) is 1. The zero-order chi connectivity index (χ0) is 18.5. The molecule has 0 saturated carbocycles. The summed E-state index contributed by atoms with van der Waals surface area (Å²) in [6.07, 6.45) is 4.65. The van der Waals surface area contributed by atoms with E-state index in [1.807, 2.05) is 19.9 Å². The Bertz CT molecular complexity index is 741. The van der Waals surface area contributed by atoms with Crippen LogP contribution in [0.15, 0.2) is 41.1 Å². The Hall–Kier alpha value is -2.83. The van der Waals surface area contributed by atoms with Crippen molar-refractivity contribution in [3.63, 3.8) is 0 Å². The fourth-order valence-electron chi connectivity index (χ4n) is 2.96. The van der Waals surface area contributed by atoms with Gasteiger partial charge < -0.3 is 19.4 Å². The third kappa shape index (κ3) is 4.22. The van der Waals surface area contributed by atoms with Gasteiger partial charge in [0.15, 0.2) is 5.76 Å². The maximum absolute atomic E-state index is 12.5. The van der Waals surface area contributed by atoms with Crippen molar-refractivity contribution in [3.05, 3.63) is 48.0 Å². The molecule has 1 atom stereocenters. The summed E-state index contributed by atoms with van der Waals surface area (Å²) < 4.78 is 10.7. The van der Waals surface area contributed by atoms with Crippen LogP contribution in [0.4, 0.5) is 0 Å². The third-order valence-corrected chi connectivity index (χ3v) is 4.17. The largest absolute Gasteiger partial charge is 0.475 e. The first-order valence-corrected chi connectivity index (χ1v) is 8.78. The van der Waals surface area contributed by atoms with Crippen molar-refractivity contribution in [1.29, 1.82) is 0 Å². The first kappa shape index (κ1) is 18.0. The van der Waals surface area contributed by atoms with E-state index in [1.165, 1.54) is 6.26 Å². The molecule has 138 valence electrons. The molecule has 0 bridgehead atoms. The SMILES string of the molecule is CC(C)Oc1ccc(CNC(=O)C2CCCN2C(=O)c2ccco2)cn1. The molecule has 0 radical (unpaired) electrons. The van der Waals surface area contributed by atoms with E-state index in [2.05, 4.69) is 10.3 Å². The zero-order valence-corrected chi connectivity index (χ0v) is 15.0. The van der Waals surface area contributed by atoms with E-state index in [9.17, 15) is 9.59 Å². The molecule has 3 rings (SSSR count). The molecule has 3 heterocycles. The highest BCUT2D eigenvalue weighted by molar-refractivity contribution is 5.95. The third-order valence-electron chi connectivity index (χ3n) is 4.17. The molecular weight excluding hydrogens is 334 g/mol. The monoisotopic (exact) mass is 357 g/mol. The molecule has 2 amide bonds. The van der Waals surface area contributed by atoms with Gasteiger partial charge in [0.2, 0.25) is 11.8 Å². The van der Waals surface area contributed by atoms with Crippen LogP contribution in [0.5, 0.6) is 5.88 Å². The van der Waals surface area contributed by atoms with Crippen molar-refractivity contribution in [2.24, 2.45) is 0 Å². The minimum Gasteiger partial charge on any atom is -0.475 e. The Morgan fingerprint density at radius 3 is 2.88 bits per heavy atom. The minimum absolute atomic E-state index is 0.0631. The molecule has 0 aliphatic carbocycles. The zero-order valence-electron chi connectivity index (χ0n) is 15.0. The van der Waals surface area contributed by atoms with Crippen LogP contribution in [0.2, 0.25) is 0 Å². The van der Waals surface area contributed by atoms with E-state index < -0.39 is 6.04 Å². The van der Waals surface area contributed by atoms with Crippen molar-refractivity contribution in [2.45, 2.75) is 45.4 Å². The average molecular weight is 357 g/mol. The van der Waals surface area contributed by atoms with Crippen molar-refractivity contribution in [3.8, 4) is 5.88 Å². The molecule has 2 aromatic heterocycles. The number of carbonyl (C=O) groups is 2. The summed E-state index contributed by atoms with van der Waals surface area (Å²) in [5, 5.41) is 2.89. The van der Waals surface area contributed by atoms with Gasteiger partial charge in [-0.3, -0.25) is 9.59 Å². The molecule has 7 nitrogen and oxygen atoms in total. The maximum Gasteiger partial charge on any atom is 0.290 e. The Balaban J connectivity index is 1.56. The van der Waals surface area contributed by atoms with Gasteiger partial charge >= 0.3 is 0 Å². The van der Waals surface area contributed by atoms with Crippen LogP contribution in [0, 0.1) is 0 Å². The summed E-state index contributed by atoms with van der Waals surface area (Å²) in [7, 11) is 0. The fourth-order valence-corrected chi connectivity index (χ4v) is 2.96. The number of nitrogens with one attached hydrogen (secondary N) is 1. The van der Waals surface area contributed by atoms with Crippen LogP contribution in [0.3, 0.4) is 0 Å². The Morgan fingerprint density at radius 2 is 2.23 bits per heavy atom. The van der Waals surface area contributed by atoms with Gasteiger partial charge in [0.25, 0.3) is 5.91 Å². The number of nitrogens with zero attached hydrogens (tertiary/aromatic N) is 2. The fraction of sp³-hybridized carbons (Fsp3) is 0.421. The van der Waals surface area contributed by atoms with E-state index in [-0.39, 0.29) is 23.7 Å². The van der Waals surface area contributed by atoms with E-state index in [4.69, 9.17) is 9.15 Å². The second kappa shape index (κ2) is 8.03. The van der Waals surface area contributed by atoms with Crippen LogP contribution in [-0.2, 0) is 11.3 Å². The summed E-state index contributed by atoms with van der Waals surface area (Å²) in [5.74, 6) is 0.408. The summed E-state index contributed by atoms with van der Waals surface area (Å²) in [6, 6.07) is 6.46. The summed E-state index contributed by atoms with van der Waals surface area (Å²) >= 11 is 0. The van der Waals surface area contributed by atoms with Crippen LogP contribution in [0.25, 0.3) is 0 Å². The molecule has 26 heavy (non-hydrogen) atoms. The predicted octanol–water partition coefficient (Wildman–Crippen LogP) is 2.38. The van der Waals surface area contributed by atoms with Gasteiger partial charge in [-0.05, 0) is 44.4 Å². The van der Waals surface area contributed by atoms with Gasteiger partial charge in [0.05, 0.1) is 12.4 Å². The molecule has 0 spiro atoms. The molecule has 1 saturated heterocycles. The lowest BCUT2D eigenvalue weighted by Crippen LogP contribution is -2.45. The number of pyridine rings is 1. The van der Waals surface area contributed by atoms with Crippen LogP contribution in [-0.4, -0.2) is 40.4 Å². The number of furan rings is 1. The summed E-state index contributed by atoms with van der Waals surface area (Å²) in [4.78, 5) is 30.8. The Kier molecular flexibility index (Phi) is 5.55. The van der Waals surface area contributed by atoms with Crippen LogP contribution in [0.1, 0.15) is 42.8 Å². The lowest BCUT2D eigenvalue weighted by Gasteiger charge is -2.23. The predicted molar refractivity (Wildman–Crippen MR) is 94.6 cm³/mol. The number of likely N-dealkylation sites (tertiary alicyclic amines) is 1. The van der Waals surface area contributed by atoms with Gasteiger partial charge in [-0.1, -0.05) is 6.07 Å². The van der Waals surface area contributed by atoms with Gasteiger partial charge in [0.1, 0.15) is 6.04 Å². The molecule has 1 aliphatic heterocycles. The first-order valence-electron chi connectivity index (χ1n) is 8.78. The topological polar surface area (TPSA) is 84.7 Å². The van der Waals surface area contributed by atoms with Crippen LogP contribution < -0.4 is 10.1 Å². The number of amides is 2.